The van der Waals surface area contributed by atoms with Gasteiger partial charge in [0, 0.05) is 0 Å². The van der Waals surface area contributed by atoms with E-state index in [0.717, 1.165) is 0 Å². The molecule has 0 aromatic rings. The molecule has 0 aliphatic heterocycles. The summed E-state index contributed by atoms with van der Waals surface area (Å²) in [7, 11) is 0. The van der Waals surface area contributed by atoms with Crippen molar-refractivity contribution in [2.24, 2.45) is 11.7 Å². The van der Waals surface area contributed by atoms with Gasteiger partial charge < -0.3 is 5.73 Å². The highest BCUT2D eigenvalue weighted by Crippen LogP contribution is 1.89. The molecule has 0 heterocycles. The van der Waals surface area contributed by atoms with Crippen LogP contribution in [0.2, 0.25) is 0 Å². The lowest BCUT2D eigenvalue weighted by Crippen LogP contribution is -2.32. The molecular weight excluding hydrogens is 162 g/mol. The smallest absolute Gasteiger partial charge is 0.260 e. The minimum absolute atomic E-state index is 0.399. The standard InChI is InChI=1S/C6H9N3O3/c1-4(2-7)6(11)9-12-3-5(8)10/h4H,3H2,1H3,(H2,8,10)(H,9,11). The number of amides is 2. The molecule has 0 aliphatic rings. The number of hydrogen-bond acceptors (Lipinski definition) is 4. The van der Waals surface area contributed by atoms with Crippen LogP contribution in [0.3, 0.4) is 0 Å². The van der Waals surface area contributed by atoms with Gasteiger partial charge in [0.25, 0.3) is 5.91 Å². The number of carbonyl (C=O) groups is 2. The number of primary amides is 1. The lowest BCUT2D eigenvalue weighted by Gasteiger charge is -2.03. The SMILES string of the molecule is CC(C#N)C(=O)NOCC(N)=O. The molecule has 3 N–H and O–H groups in total. The van der Waals surface area contributed by atoms with Crippen molar-refractivity contribution in [1.29, 1.82) is 5.26 Å². The summed E-state index contributed by atoms with van der Waals surface area (Å²) in [6.45, 7) is 1.01. The van der Waals surface area contributed by atoms with Gasteiger partial charge in [-0.2, -0.15) is 5.26 Å². The van der Waals surface area contributed by atoms with Crippen molar-refractivity contribution in [1.82, 2.24) is 5.48 Å². The Morgan fingerprint density at radius 3 is 2.75 bits per heavy atom. The van der Waals surface area contributed by atoms with Crippen LogP contribution in [0.4, 0.5) is 0 Å². The van der Waals surface area contributed by atoms with E-state index in [1.807, 2.05) is 5.48 Å². The summed E-state index contributed by atoms with van der Waals surface area (Å²) in [5, 5.41) is 8.26. The van der Waals surface area contributed by atoms with Gasteiger partial charge in [-0.3, -0.25) is 14.4 Å². The topological polar surface area (TPSA) is 105 Å². The van der Waals surface area contributed by atoms with Crippen molar-refractivity contribution in [3.63, 3.8) is 0 Å². The monoisotopic (exact) mass is 171 g/mol. The number of nitriles is 1. The molecule has 0 aromatic heterocycles. The number of carbonyl (C=O) groups excluding carboxylic acids is 2. The predicted octanol–water partition coefficient (Wildman–Crippen LogP) is -1.32. The van der Waals surface area contributed by atoms with Gasteiger partial charge in [0.15, 0.2) is 6.61 Å². The second-order valence-corrected chi connectivity index (χ2v) is 2.07. The summed E-state index contributed by atoms with van der Waals surface area (Å²) < 4.78 is 0. The van der Waals surface area contributed by atoms with Crippen LogP contribution in [0.1, 0.15) is 6.92 Å². The Morgan fingerprint density at radius 2 is 2.33 bits per heavy atom. The van der Waals surface area contributed by atoms with Gasteiger partial charge in [-0.15, -0.1) is 0 Å². The number of nitrogens with two attached hydrogens (primary N) is 1. The minimum Gasteiger partial charge on any atom is -0.368 e. The van der Waals surface area contributed by atoms with Crippen molar-refractivity contribution in [3.05, 3.63) is 0 Å². The van der Waals surface area contributed by atoms with Crippen LogP contribution >= 0.6 is 0 Å². The molecule has 2 amide bonds. The predicted molar refractivity (Wildman–Crippen MR) is 38.1 cm³/mol. The first-order valence-electron chi connectivity index (χ1n) is 3.17. The largest absolute Gasteiger partial charge is 0.368 e. The molecule has 6 nitrogen and oxygen atoms in total. The van der Waals surface area contributed by atoms with E-state index >= 15 is 0 Å². The Hall–Kier alpha value is -1.61. The molecule has 0 saturated heterocycles. The fraction of sp³-hybridized carbons (Fsp3) is 0.500. The molecule has 0 aromatic carbocycles. The summed E-state index contributed by atoms with van der Waals surface area (Å²) >= 11 is 0. The van der Waals surface area contributed by atoms with Gasteiger partial charge in [0.05, 0.1) is 6.07 Å². The Morgan fingerprint density at radius 1 is 1.75 bits per heavy atom. The van der Waals surface area contributed by atoms with Crippen LogP contribution in [0, 0.1) is 17.2 Å². The fourth-order valence-electron chi connectivity index (χ4n) is 0.325. The van der Waals surface area contributed by atoms with Crippen molar-refractivity contribution in [3.8, 4) is 6.07 Å². The van der Waals surface area contributed by atoms with E-state index in [1.54, 1.807) is 6.07 Å². The number of nitrogens with zero attached hydrogens (tertiary/aromatic N) is 1. The lowest BCUT2D eigenvalue weighted by atomic mass is 10.2. The summed E-state index contributed by atoms with van der Waals surface area (Å²) in [5.74, 6) is -2.10. The number of hydrogen-bond donors (Lipinski definition) is 2. The molecule has 1 unspecified atom stereocenters. The third-order valence-corrected chi connectivity index (χ3v) is 0.974. The molecule has 1 atom stereocenters. The van der Waals surface area contributed by atoms with Crippen molar-refractivity contribution in [2.45, 2.75) is 6.92 Å². The van der Waals surface area contributed by atoms with E-state index in [2.05, 4.69) is 4.84 Å². The van der Waals surface area contributed by atoms with Crippen LogP contribution in [0.5, 0.6) is 0 Å². The van der Waals surface area contributed by atoms with Gasteiger partial charge in [-0.05, 0) is 6.92 Å². The van der Waals surface area contributed by atoms with E-state index in [-0.39, 0.29) is 0 Å². The number of hydroxylamine groups is 1. The molecule has 0 aliphatic carbocycles. The Labute approximate surface area is 69.2 Å². The first-order chi connectivity index (χ1) is 5.57. The zero-order valence-corrected chi connectivity index (χ0v) is 6.53. The van der Waals surface area contributed by atoms with Crippen LogP contribution in [0.25, 0.3) is 0 Å². The van der Waals surface area contributed by atoms with Gasteiger partial charge >= 0.3 is 0 Å². The van der Waals surface area contributed by atoms with Gasteiger partial charge in [0.1, 0.15) is 5.92 Å². The highest BCUT2D eigenvalue weighted by molar-refractivity contribution is 5.80. The highest BCUT2D eigenvalue weighted by Gasteiger charge is 2.10. The van der Waals surface area contributed by atoms with E-state index in [4.69, 9.17) is 11.0 Å². The molecular formula is C6H9N3O3. The molecule has 0 fully saturated rings. The Kier molecular flexibility index (Phi) is 4.41. The summed E-state index contributed by atoms with van der Waals surface area (Å²) in [6, 6.07) is 1.69. The Bertz CT molecular complexity index is 221. The molecule has 6 heteroatoms. The zero-order valence-electron chi connectivity index (χ0n) is 6.53. The molecule has 12 heavy (non-hydrogen) atoms. The van der Waals surface area contributed by atoms with Crippen molar-refractivity contribution < 1.29 is 14.4 Å². The second kappa shape index (κ2) is 5.09. The van der Waals surface area contributed by atoms with Crippen molar-refractivity contribution >= 4 is 11.8 Å². The van der Waals surface area contributed by atoms with Crippen LogP contribution in [0.15, 0.2) is 0 Å². The van der Waals surface area contributed by atoms with E-state index in [9.17, 15) is 9.59 Å². The maximum absolute atomic E-state index is 10.7. The highest BCUT2D eigenvalue weighted by atomic mass is 16.7. The van der Waals surface area contributed by atoms with Crippen LogP contribution in [-0.2, 0) is 14.4 Å². The quantitative estimate of drug-likeness (QED) is 0.511. The summed E-state index contributed by atoms with van der Waals surface area (Å²) in [5.41, 5.74) is 6.61. The third kappa shape index (κ3) is 4.24. The van der Waals surface area contributed by atoms with Crippen LogP contribution in [-0.4, -0.2) is 18.4 Å². The summed E-state index contributed by atoms with van der Waals surface area (Å²) in [6.07, 6.45) is 0. The Balaban J connectivity index is 3.59. The first kappa shape index (κ1) is 10.4. The van der Waals surface area contributed by atoms with E-state index in [0.29, 0.717) is 0 Å². The van der Waals surface area contributed by atoms with Gasteiger partial charge in [-0.1, -0.05) is 0 Å². The molecule has 66 valence electrons. The third-order valence-electron chi connectivity index (χ3n) is 0.974. The number of nitrogens with one attached hydrogen (secondary N) is 1. The molecule has 0 spiro atoms. The molecule has 0 saturated carbocycles. The maximum atomic E-state index is 10.7. The number of rotatable bonds is 4. The average Bonchev–Trinajstić information content (AvgIpc) is 2.02. The van der Waals surface area contributed by atoms with E-state index < -0.39 is 24.3 Å². The average molecular weight is 171 g/mol. The van der Waals surface area contributed by atoms with E-state index in [1.165, 1.54) is 6.92 Å². The molecule has 0 rings (SSSR count). The zero-order chi connectivity index (χ0) is 9.56. The molecule has 0 bridgehead atoms. The maximum Gasteiger partial charge on any atom is 0.260 e. The van der Waals surface area contributed by atoms with Crippen molar-refractivity contribution in [2.75, 3.05) is 6.61 Å². The van der Waals surface area contributed by atoms with Crippen LogP contribution < -0.4 is 11.2 Å². The van der Waals surface area contributed by atoms with Gasteiger partial charge in [0.2, 0.25) is 5.91 Å². The molecule has 0 radical (unpaired) electrons. The summed E-state index contributed by atoms with van der Waals surface area (Å²) in [4.78, 5) is 25.2. The fourth-order valence-corrected chi connectivity index (χ4v) is 0.325. The van der Waals surface area contributed by atoms with Gasteiger partial charge in [-0.25, -0.2) is 5.48 Å². The normalized spacial score (nSPS) is 11.3. The second-order valence-electron chi connectivity index (χ2n) is 2.07. The lowest BCUT2D eigenvalue weighted by molar-refractivity contribution is -0.139. The minimum atomic E-state index is -0.808. The first-order valence-corrected chi connectivity index (χ1v) is 3.17.